The monoisotopic (exact) mass is 175 g/mol. The zero-order valence-corrected chi connectivity index (χ0v) is 8.60. The second-order valence-electron chi connectivity index (χ2n) is 2.68. The highest BCUT2D eigenvalue weighted by atomic mass is 14.9. The lowest BCUT2D eigenvalue weighted by Gasteiger charge is -1.95. The van der Waals surface area contributed by atoms with Crippen molar-refractivity contribution >= 4 is 0 Å². The summed E-state index contributed by atoms with van der Waals surface area (Å²) < 4.78 is 0. The summed E-state index contributed by atoms with van der Waals surface area (Å²) in [6.45, 7) is 7.56. The van der Waals surface area contributed by atoms with E-state index in [1.54, 1.807) is 0 Å². The molecule has 0 bridgehead atoms. The number of rotatable bonds is 6. The first kappa shape index (κ1) is 14.4. The molecule has 76 valence electrons. The third kappa shape index (κ3) is 22.5. The van der Waals surface area contributed by atoms with Gasteiger partial charge in [-0.3, -0.25) is 0 Å². The van der Waals surface area contributed by atoms with Gasteiger partial charge in [-0.05, 0) is 0 Å². The van der Waals surface area contributed by atoms with E-state index in [9.17, 15) is 0 Å². The Hall–Kier alpha value is -0.120. The summed E-state index contributed by atoms with van der Waals surface area (Å²) in [5.74, 6) is 0. The van der Waals surface area contributed by atoms with Gasteiger partial charge < -0.3 is 16.8 Å². The van der Waals surface area contributed by atoms with Crippen LogP contribution in [0.15, 0.2) is 0 Å². The van der Waals surface area contributed by atoms with E-state index >= 15 is 0 Å². The molecule has 0 saturated heterocycles. The molecule has 0 saturated carbocycles. The smallest absolute Gasteiger partial charge is 0.00750 e. The van der Waals surface area contributed by atoms with E-state index in [1.165, 1.54) is 19.3 Å². The van der Waals surface area contributed by atoms with Crippen molar-refractivity contribution in [2.75, 3.05) is 26.2 Å². The van der Waals surface area contributed by atoms with Gasteiger partial charge in [-0.1, -0.05) is 33.1 Å². The van der Waals surface area contributed by atoms with E-state index in [0.29, 0.717) is 13.1 Å². The molecule has 0 aromatic heterocycles. The molecule has 0 spiro atoms. The normalized spacial score (nSPS) is 9.00. The van der Waals surface area contributed by atoms with Crippen molar-refractivity contribution in [1.82, 2.24) is 5.32 Å². The molecule has 0 rings (SSSR count). The Morgan fingerprint density at radius 3 is 1.50 bits per heavy atom. The molecule has 0 aromatic rings. The largest absolute Gasteiger partial charge is 0.329 e. The Balaban J connectivity index is 0. The Morgan fingerprint density at radius 1 is 0.917 bits per heavy atom. The van der Waals surface area contributed by atoms with Crippen LogP contribution in [-0.4, -0.2) is 26.2 Å². The molecule has 0 heterocycles. The summed E-state index contributed by atoms with van der Waals surface area (Å²) in [5, 5.41) is 3.03. The van der Waals surface area contributed by atoms with Gasteiger partial charge >= 0.3 is 0 Å². The Bertz CT molecular complexity index is 51.7. The maximum Gasteiger partial charge on any atom is 0.00750 e. The molecule has 0 atom stereocenters. The van der Waals surface area contributed by atoms with Crippen LogP contribution in [0.2, 0.25) is 0 Å². The molecule has 0 fully saturated rings. The van der Waals surface area contributed by atoms with Gasteiger partial charge in [0.1, 0.15) is 0 Å². The van der Waals surface area contributed by atoms with Crippen LogP contribution in [0.5, 0.6) is 0 Å². The van der Waals surface area contributed by atoms with Crippen molar-refractivity contribution in [1.29, 1.82) is 0 Å². The van der Waals surface area contributed by atoms with Crippen molar-refractivity contribution < 1.29 is 0 Å². The van der Waals surface area contributed by atoms with Crippen LogP contribution in [0.3, 0.4) is 0 Å². The molecule has 0 radical (unpaired) electrons. The van der Waals surface area contributed by atoms with Crippen molar-refractivity contribution in [3.8, 4) is 0 Å². The maximum atomic E-state index is 5.17. The van der Waals surface area contributed by atoms with Gasteiger partial charge in [-0.15, -0.1) is 0 Å². The van der Waals surface area contributed by atoms with E-state index < -0.39 is 0 Å². The molecular weight excluding hydrogens is 150 g/mol. The third-order valence-electron chi connectivity index (χ3n) is 1.35. The molecule has 0 aliphatic heterocycles. The lowest BCUT2D eigenvalue weighted by Crippen LogP contribution is -2.27. The van der Waals surface area contributed by atoms with E-state index in [0.717, 1.165) is 13.1 Å². The highest BCUT2D eigenvalue weighted by molar-refractivity contribution is 4.45. The number of unbranched alkanes of at least 4 members (excludes halogenated alkanes) is 2. The first-order chi connectivity index (χ1) is 5.83. The molecular formula is C9H25N3. The fourth-order valence-electron chi connectivity index (χ4n) is 0.683. The van der Waals surface area contributed by atoms with Gasteiger partial charge in [0.25, 0.3) is 0 Å². The fourth-order valence-corrected chi connectivity index (χ4v) is 0.683. The summed E-state index contributed by atoms with van der Waals surface area (Å²) in [6, 6.07) is 0. The molecule has 5 N–H and O–H groups in total. The second-order valence-corrected chi connectivity index (χ2v) is 2.68. The number of nitrogens with two attached hydrogens (primary N) is 2. The van der Waals surface area contributed by atoms with Crippen molar-refractivity contribution in [3.05, 3.63) is 0 Å². The third-order valence-corrected chi connectivity index (χ3v) is 1.35. The van der Waals surface area contributed by atoms with Crippen LogP contribution in [0.4, 0.5) is 0 Å². The molecule has 3 heteroatoms. The lowest BCUT2D eigenvalue weighted by atomic mass is 10.3. The second kappa shape index (κ2) is 17.1. The summed E-state index contributed by atoms with van der Waals surface area (Å²) in [5.41, 5.74) is 10.3. The molecule has 0 amide bonds. The lowest BCUT2D eigenvalue weighted by molar-refractivity contribution is 0.696. The van der Waals surface area contributed by atoms with Gasteiger partial charge in [-0.25, -0.2) is 0 Å². The van der Waals surface area contributed by atoms with Crippen LogP contribution in [0.25, 0.3) is 0 Å². The summed E-state index contributed by atoms with van der Waals surface area (Å²) >= 11 is 0. The average molecular weight is 175 g/mol. The van der Waals surface area contributed by atoms with Crippen molar-refractivity contribution in [2.24, 2.45) is 11.5 Å². The van der Waals surface area contributed by atoms with Crippen LogP contribution in [0.1, 0.15) is 33.1 Å². The summed E-state index contributed by atoms with van der Waals surface area (Å²) in [6.07, 6.45) is 4.08. The van der Waals surface area contributed by atoms with E-state index in [4.69, 9.17) is 11.5 Å². The summed E-state index contributed by atoms with van der Waals surface area (Å²) in [4.78, 5) is 0. The zero-order valence-electron chi connectivity index (χ0n) is 8.60. The van der Waals surface area contributed by atoms with E-state index in [1.807, 2.05) is 0 Å². The quantitative estimate of drug-likeness (QED) is 0.520. The predicted octanol–water partition coefficient (Wildman–Crippen LogP) is 0.690. The predicted molar refractivity (Wildman–Crippen MR) is 56.2 cm³/mol. The molecule has 0 unspecified atom stereocenters. The Labute approximate surface area is 76.9 Å². The van der Waals surface area contributed by atoms with Gasteiger partial charge in [-0.2, -0.15) is 0 Å². The first-order valence-corrected chi connectivity index (χ1v) is 4.94. The average Bonchev–Trinajstić information content (AvgIpc) is 2.08. The van der Waals surface area contributed by atoms with Crippen LogP contribution in [-0.2, 0) is 0 Å². The zero-order chi connectivity index (χ0) is 9.66. The van der Waals surface area contributed by atoms with E-state index in [2.05, 4.69) is 19.2 Å². The Morgan fingerprint density at radius 2 is 1.33 bits per heavy atom. The molecule has 0 aliphatic rings. The number of hydrogen-bond donors (Lipinski definition) is 3. The minimum absolute atomic E-state index is 0.694. The van der Waals surface area contributed by atoms with Crippen molar-refractivity contribution in [3.63, 3.8) is 0 Å². The maximum absolute atomic E-state index is 5.17. The molecule has 12 heavy (non-hydrogen) atoms. The SMILES string of the molecule is CCCCC.NCCNCCN. The molecule has 3 nitrogen and oxygen atoms in total. The van der Waals surface area contributed by atoms with Crippen LogP contribution in [0, 0.1) is 0 Å². The highest BCUT2D eigenvalue weighted by Crippen LogP contribution is 1.88. The topological polar surface area (TPSA) is 64.1 Å². The molecule has 0 aliphatic carbocycles. The minimum Gasteiger partial charge on any atom is -0.329 e. The highest BCUT2D eigenvalue weighted by Gasteiger charge is 1.76. The first-order valence-electron chi connectivity index (χ1n) is 4.94. The van der Waals surface area contributed by atoms with Gasteiger partial charge in [0, 0.05) is 26.2 Å². The van der Waals surface area contributed by atoms with Gasteiger partial charge in [0.15, 0.2) is 0 Å². The van der Waals surface area contributed by atoms with Crippen LogP contribution < -0.4 is 16.8 Å². The van der Waals surface area contributed by atoms with Gasteiger partial charge in [0.2, 0.25) is 0 Å². The van der Waals surface area contributed by atoms with Crippen LogP contribution >= 0.6 is 0 Å². The fraction of sp³-hybridized carbons (Fsp3) is 1.00. The molecule has 0 aromatic carbocycles. The standard InChI is InChI=1S/C5H12.C4H13N3/c1-3-5-4-2;5-1-3-7-4-2-6/h3-5H2,1-2H3;7H,1-6H2. The number of hydrogen-bond acceptors (Lipinski definition) is 3. The van der Waals surface area contributed by atoms with Gasteiger partial charge in [0.05, 0.1) is 0 Å². The minimum atomic E-state index is 0.694. The number of nitrogens with one attached hydrogen (secondary N) is 1. The van der Waals surface area contributed by atoms with E-state index in [-0.39, 0.29) is 0 Å². The Kier molecular flexibility index (Phi) is 20.5. The van der Waals surface area contributed by atoms with Crippen molar-refractivity contribution in [2.45, 2.75) is 33.1 Å². The summed E-state index contributed by atoms with van der Waals surface area (Å²) in [7, 11) is 0.